The number of carboxylic acid groups (broad SMARTS) is 1. The molecule has 0 aromatic heterocycles. The Bertz CT molecular complexity index is 446. The van der Waals surface area contributed by atoms with E-state index in [1.54, 1.807) is 6.92 Å². The highest BCUT2D eigenvalue weighted by atomic mass is 16.4. The van der Waals surface area contributed by atoms with Crippen LogP contribution in [0.15, 0.2) is 24.3 Å². The maximum atomic E-state index is 10.8. The predicted octanol–water partition coefficient (Wildman–Crippen LogP) is 0.734. The summed E-state index contributed by atoms with van der Waals surface area (Å²) >= 11 is 0. The Labute approximate surface area is 137 Å². The second-order valence-corrected chi connectivity index (χ2v) is 6.24. The van der Waals surface area contributed by atoms with Crippen LogP contribution in [-0.2, 0) is 11.2 Å². The maximum absolute atomic E-state index is 10.8. The van der Waals surface area contributed by atoms with Crippen molar-refractivity contribution in [1.82, 2.24) is 0 Å². The molecule has 0 radical (unpaired) electrons. The van der Waals surface area contributed by atoms with Crippen LogP contribution in [0.25, 0.3) is 0 Å². The molecule has 6 N–H and O–H groups in total. The summed E-state index contributed by atoms with van der Waals surface area (Å²) in [5.41, 5.74) is 6.08. The van der Waals surface area contributed by atoms with E-state index in [0.29, 0.717) is 5.92 Å². The van der Waals surface area contributed by atoms with Crippen molar-refractivity contribution in [3.8, 4) is 0 Å². The number of hydrogen-bond donors (Lipinski definition) is 5. The molecule has 1 aromatic carbocycles. The van der Waals surface area contributed by atoms with E-state index in [-0.39, 0.29) is 0 Å². The van der Waals surface area contributed by atoms with Crippen molar-refractivity contribution in [3.63, 3.8) is 0 Å². The highest BCUT2D eigenvalue weighted by Gasteiger charge is 2.20. The van der Waals surface area contributed by atoms with E-state index in [0.717, 1.165) is 12.0 Å². The van der Waals surface area contributed by atoms with Crippen molar-refractivity contribution in [2.45, 2.75) is 38.6 Å². The first kappa shape index (κ1) is 21.5. The lowest BCUT2D eigenvalue weighted by Gasteiger charge is -2.20. The van der Waals surface area contributed by atoms with Crippen LogP contribution in [0.1, 0.15) is 37.8 Å². The van der Waals surface area contributed by atoms with Crippen molar-refractivity contribution < 1.29 is 25.2 Å². The Morgan fingerprint density at radius 1 is 1.04 bits per heavy atom. The molecule has 132 valence electrons. The summed E-state index contributed by atoms with van der Waals surface area (Å²) in [5.74, 6) is -0.558. The summed E-state index contributed by atoms with van der Waals surface area (Å²) in [6.45, 7) is 4.85. The summed E-state index contributed by atoms with van der Waals surface area (Å²) in [4.78, 5) is 10.8. The van der Waals surface area contributed by atoms with Crippen LogP contribution in [0.4, 0.5) is 0 Å². The lowest BCUT2D eigenvalue weighted by atomic mass is 9.97. The van der Waals surface area contributed by atoms with Crippen LogP contribution in [0, 0.1) is 5.92 Å². The van der Waals surface area contributed by atoms with Crippen LogP contribution in [0.3, 0.4) is 0 Å². The van der Waals surface area contributed by atoms with E-state index in [2.05, 4.69) is 13.8 Å². The lowest BCUT2D eigenvalue weighted by molar-refractivity contribution is -0.138. The molecule has 1 atom stereocenters. The zero-order valence-electron chi connectivity index (χ0n) is 14.1. The highest BCUT2D eigenvalue weighted by molar-refractivity contribution is 5.75. The zero-order valence-corrected chi connectivity index (χ0v) is 14.1. The van der Waals surface area contributed by atoms with Crippen molar-refractivity contribution in [2.75, 3.05) is 19.8 Å². The standard InChI is InChI=1S/C13H18O2.C4H11NO3/c1-9(2)8-11-4-6-12(7-5-11)10(3)13(14)15;5-4(1-6,2-7)3-8/h4-7,9-10H,8H2,1-3H3,(H,14,15);6-8H,1-3,5H2/t10-;/m0./s1. The summed E-state index contributed by atoms with van der Waals surface area (Å²) < 4.78 is 0. The van der Waals surface area contributed by atoms with Gasteiger partial charge in [-0.25, -0.2) is 0 Å². The zero-order chi connectivity index (χ0) is 18.0. The molecule has 0 heterocycles. The van der Waals surface area contributed by atoms with Gasteiger partial charge in [0.05, 0.1) is 31.3 Å². The van der Waals surface area contributed by atoms with Crippen LogP contribution in [0.5, 0.6) is 0 Å². The fraction of sp³-hybridized carbons (Fsp3) is 0.588. The summed E-state index contributed by atoms with van der Waals surface area (Å²) in [7, 11) is 0. The van der Waals surface area contributed by atoms with Gasteiger partial charge >= 0.3 is 5.97 Å². The molecule has 23 heavy (non-hydrogen) atoms. The van der Waals surface area contributed by atoms with Gasteiger partial charge in [-0.2, -0.15) is 0 Å². The normalized spacial score (nSPS) is 12.5. The van der Waals surface area contributed by atoms with Gasteiger partial charge in [-0.1, -0.05) is 38.1 Å². The Hall–Kier alpha value is -1.47. The van der Waals surface area contributed by atoms with Crippen molar-refractivity contribution >= 4 is 5.97 Å². The number of carboxylic acids is 1. The molecule has 0 saturated heterocycles. The number of aliphatic hydroxyl groups is 3. The fourth-order valence-corrected chi connectivity index (χ4v) is 1.71. The molecule has 0 aliphatic heterocycles. The third kappa shape index (κ3) is 8.08. The molecule has 0 fully saturated rings. The summed E-state index contributed by atoms with van der Waals surface area (Å²) in [6, 6.07) is 7.87. The van der Waals surface area contributed by atoms with Crippen LogP contribution in [0.2, 0.25) is 0 Å². The minimum absolute atomic E-state index is 0.403. The Morgan fingerprint density at radius 3 is 1.74 bits per heavy atom. The molecule has 0 bridgehead atoms. The molecular formula is C17H29NO5. The molecule has 0 spiro atoms. The van der Waals surface area contributed by atoms with Crippen molar-refractivity contribution in [1.29, 1.82) is 0 Å². The van der Waals surface area contributed by atoms with E-state index in [9.17, 15) is 4.79 Å². The molecule has 0 amide bonds. The predicted molar refractivity (Wildman–Crippen MR) is 89.2 cm³/mol. The molecule has 6 heteroatoms. The van der Waals surface area contributed by atoms with E-state index in [1.807, 2.05) is 24.3 Å². The molecule has 0 saturated carbocycles. The molecule has 6 nitrogen and oxygen atoms in total. The fourth-order valence-electron chi connectivity index (χ4n) is 1.71. The van der Waals surface area contributed by atoms with Gasteiger partial charge in [-0.3, -0.25) is 4.79 Å². The Morgan fingerprint density at radius 2 is 1.48 bits per heavy atom. The number of benzene rings is 1. The molecule has 0 aliphatic carbocycles. The van der Waals surface area contributed by atoms with Gasteiger partial charge in [-0.05, 0) is 30.4 Å². The van der Waals surface area contributed by atoms with Gasteiger partial charge in [0.15, 0.2) is 0 Å². The van der Waals surface area contributed by atoms with Crippen LogP contribution in [-0.4, -0.2) is 51.8 Å². The van der Waals surface area contributed by atoms with Crippen LogP contribution < -0.4 is 5.73 Å². The van der Waals surface area contributed by atoms with Gasteiger partial charge < -0.3 is 26.2 Å². The van der Waals surface area contributed by atoms with Gasteiger partial charge in [0.25, 0.3) is 0 Å². The van der Waals surface area contributed by atoms with Gasteiger partial charge in [0, 0.05) is 0 Å². The third-order valence-corrected chi connectivity index (χ3v) is 3.44. The van der Waals surface area contributed by atoms with Gasteiger partial charge in [0.1, 0.15) is 0 Å². The summed E-state index contributed by atoms with van der Waals surface area (Å²) in [5, 5.41) is 33.9. The number of aliphatic carboxylic acids is 1. The van der Waals surface area contributed by atoms with Gasteiger partial charge in [-0.15, -0.1) is 0 Å². The quantitative estimate of drug-likeness (QED) is 0.503. The first-order valence-electron chi connectivity index (χ1n) is 7.62. The highest BCUT2D eigenvalue weighted by Crippen LogP contribution is 2.17. The minimum Gasteiger partial charge on any atom is -0.481 e. The van der Waals surface area contributed by atoms with Crippen molar-refractivity contribution in [3.05, 3.63) is 35.4 Å². The molecule has 0 unspecified atom stereocenters. The molecule has 1 rings (SSSR count). The van der Waals surface area contributed by atoms with Gasteiger partial charge in [0.2, 0.25) is 0 Å². The number of nitrogens with two attached hydrogens (primary N) is 1. The number of hydrogen-bond acceptors (Lipinski definition) is 5. The molecular weight excluding hydrogens is 298 g/mol. The van der Waals surface area contributed by atoms with E-state index >= 15 is 0 Å². The van der Waals surface area contributed by atoms with E-state index in [4.69, 9.17) is 26.2 Å². The first-order chi connectivity index (χ1) is 10.7. The number of carbonyl (C=O) groups is 1. The molecule has 0 aliphatic rings. The average Bonchev–Trinajstić information content (AvgIpc) is 2.54. The number of aliphatic hydroxyl groups excluding tert-OH is 3. The number of rotatable bonds is 7. The molecule has 1 aromatic rings. The smallest absolute Gasteiger partial charge is 0.310 e. The SMILES string of the molecule is CC(C)Cc1ccc([C@H](C)C(=O)O)cc1.NC(CO)(CO)CO. The van der Waals surface area contributed by atoms with E-state index in [1.165, 1.54) is 5.56 Å². The first-order valence-corrected chi connectivity index (χ1v) is 7.62. The Kier molecular flexibility index (Phi) is 9.67. The minimum atomic E-state index is -1.21. The largest absolute Gasteiger partial charge is 0.481 e. The topological polar surface area (TPSA) is 124 Å². The van der Waals surface area contributed by atoms with Crippen molar-refractivity contribution in [2.24, 2.45) is 11.7 Å². The third-order valence-electron chi connectivity index (χ3n) is 3.44. The van der Waals surface area contributed by atoms with E-state index < -0.39 is 37.2 Å². The summed E-state index contributed by atoms with van der Waals surface area (Å²) in [6.07, 6.45) is 1.04. The maximum Gasteiger partial charge on any atom is 0.310 e. The second-order valence-electron chi connectivity index (χ2n) is 6.24. The second kappa shape index (κ2) is 10.3. The lowest BCUT2D eigenvalue weighted by Crippen LogP contribution is -2.50. The van der Waals surface area contributed by atoms with Crippen LogP contribution >= 0.6 is 0 Å². The average molecular weight is 327 g/mol. The monoisotopic (exact) mass is 327 g/mol. The Balaban J connectivity index is 0.000000515.